The number of carbonyl (C=O) groups excluding carboxylic acids is 1. The molecule has 10 nitrogen and oxygen atoms in total. The van der Waals surface area contributed by atoms with Crippen LogP contribution in [-0.2, 0) is 24.4 Å². The number of rotatable bonds is 5. The van der Waals surface area contributed by atoms with Crippen LogP contribution < -0.4 is 0 Å². The van der Waals surface area contributed by atoms with Crippen LogP contribution in [0.15, 0.2) is 47.1 Å². The minimum Gasteiger partial charge on any atom is -0.444 e. The molecule has 0 saturated carbocycles. The summed E-state index contributed by atoms with van der Waals surface area (Å²) in [5.41, 5.74) is 4.28. The monoisotopic (exact) mass is 495 g/mol. The first-order chi connectivity index (χ1) is 17.1. The molecule has 0 atom stereocenters. The number of halogens is 2. The van der Waals surface area contributed by atoms with Crippen molar-refractivity contribution in [3.8, 4) is 22.7 Å². The van der Waals surface area contributed by atoms with Gasteiger partial charge in [-0.2, -0.15) is 8.78 Å². The van der Waals surface area contributed by atoms with Crippen LogP contribution in [0.25, 0.3) is 22.7 Å². The van der Waals surface area contributed by atoms with Crippen LogP contribution >= 0.6 is 0 Å². The number of hydrogen-bond donors (Lipinski definition) is 0. The van der Waals surface area contributed by atoms with E-state index in [4.69, 9.17) is 9.15 Å². The Balaban J connectivity index is 1.25. The molecule has 1 aromatic carbocycles. The molecular formula is C24H23F2N7O3. The Morgan fingerprint density at radius 1 is 1.08 bits per heavy atom. The molecule has 4 heterocycles. The van der Waals surface area contributed by atoms with Gasteiger partial charge in [-0.25, -0.2) is 9.48 Å². The van der Waals surface area contributed by atoms with E-state index >= 15 is 0 Å². The van der Waals surface area contributed by atoms with Gasteiger partial charge >= 0.3 is 12.5 Å². The van der Waals surface area contributed by atoms with Crippen molar-refractivity contribution >= 4 is 6.09 Å². The minimum absolute atomic E-state index is 0.0192. The van der Waals surface area contributed by atoms with Crippen LogP contribution in [0.3, 0.4) is 0 Å². The van der Waals surface area contributed by atoms with Crippen molar-refractivity contribution in [2.75, 3.05) is 0 Å². The summed E-state index contributed by atoms with van der Waals surface area (Å²) in [5, 5.41) is 15.4. The third-order valence-corrected chi connectivity index (χ3v) is 5.44. The minimum atomic E-state index is -2.82. The molecular weight excluding hydrogens is 472 g/mol. The van der Waals surface area contributed by atoms with E-state index in [9.17, 15) is 13.6 Å². The first kappa shape index (κ1) is 23.5. The average Bonchev–Trinajstić information content (AvgIpc) is 3.57. The normalized spacial score (nSPS) is 13.3. The van der Waals surface area contributed by atoms with Gasteiger partial charge in [0.25, 0.3) is 5.89 Å². The molecule has 0 aliphatic carbocycles. The second-order valence-electron chi connectivity index (χ2n) is 9.41. The highest BCUT2D eigenvalue weighted by Gasteiger charge is 2.28. The molecule has 1 aliphatic rings. The molecule has 0 unspecified atom stereocenters. The summed E-state index contributed by atoms with van der Waals surface area (Å²) in [6.45, 7) is 6.87. The quantitative estimate of drug-likeness (QED) is 0.394. The van der Waals surface area contributed by atoms with Crippen LogP contribution in [-0.4, -0.2) is 46.8 Å². The fraction of sp³-hybridized carbons (Fsp3) is 0.333. The molecule has 0 fully saturated rings. The van der Waals surface area contributed by atoms with E-state index in [1.54, 1.807) is 21.7 Å². The maximum absolute atomic E-state index is 12.6. The number of nitrogens with zero attached hydrogens (tertiary/aromatic N) is 7. The number of alkyl halides is 2. The molecule has 12 heteroatoms. The van der Waals surface area contributed by atoms with Crippen LogP contribution in [0.4, 0.5) is 13.6 Å². The molecule has 0 N–H and O–H groups in total. The van der Waals surface area contributed by atoms with E-state index in [0.29, 0.717) is 36.6 Å². The number of fused-ring (bicyclic) bond motifs is 1. The molecule has 1 aliphatic heterocycles. The number of benzene rings is 1. The number of carbonyl (C=O) groups is 1. The Kier molecular flexibility index (Phi) is 5.94. The van der Waals surface area contributed by atoms with E-state index in [0.717, 1.165) is 16.7 Å². The Labute approximate surface area is 204 Å². The van der Waals surface area contributed by atoms with Gasteiger partial charge in [-0.3, -0.25) is 9.88 Å². The lowest BCUT2D eigenvalue weighted by Gasteiger charge is -2.24. The van der Waals surface area contributed by atoms with Crippen molar-refractivity contribution < 1.29 is 22.7 Å². The predicted molar refractivity (Wildman–Crippen MR) is 123 cm³/mol. The number of amides is 1. The summed E-state index contributed by atoms with van der Waals surface area (Å²) >= 11 is 0. The molecule has 36 heavy (non-hydrogen) atoms. The lowest BCUT2D eigenvalue weighted by Crippen LogP contribution is -2.33. The summed E-state index contributed by atoms with van der Waals surface area (Å²) in [5.74, 6) is -0.748. The molecule has 0 saturated heterocycles. The van der Waals surface area contributed by atoms with E-state index < -0.39 is 17.9 Å². The molecule has 1 amide bonds. The first-order valence-electron chi connectivity index (χ1n) is 11.2. The standard InChI is InChI=1S/C24H23F2N7O3/c1-24(2,3)36-23(34)32-10-16-5-4-14(8-17(16)11-32)19-13-33(31-28-19)12-18-7-6-15(9-27-18)21-29-30-22(35-21)20(25)26/h4-9,13,20H,10-12H2,1-3H3. The summed E-state index contributed by atoms with van der Waals surface area (Å²) < 4.78 is 37.4. The topological polar surface area (TPSA) is 112 Å². The van der Waals surface area contributed by atoms with E-state index in [-0.39, 0.29) is 12.0 Å². The summed E-state index contributed by atoms with van der Waals surface area (Å²) in [4.78, 5) is 18.4. The lowest BCUT2D eigenvalue weighted by molar-refractivity contribution is 0.0242. The summed E-state index contributed by atoms with van der Waals surface area (Å²) in [7, 11) is 0. The number of aromatic nitrogens is 6. The Morgan fingerprint density at radius 3 is 2.56 bits per heavy atom. The Hall–Kier alpha value is -4.22. The van der Waals surface area contributed by atoms with E-state index in [1.807, 2.05) is 45.2 Å². The van der Waals surface area contributed by atoms with Crippen molar-refractivity contribution in [3.63, 3.8) is 0 Å². The molecule has 4 aromatic rings. The third-order valence-electron chi connectivity index (χ3n) is 5.44. The molecule has 5 rings (SSSR count). The molecule has 0 radical (unpaired) electrons. The van der Waals surface area contributed by atoms with Crippen molar-refractivity contribution in [1.82, 2.24) is 35.1 Å². The van der Waals surface area contributed by atoms with Gasteiger partial charge in [-0.05, 0) is 50.1 Å². The van der Waals surface area contributed by atoms with Crippen molar-refractivity contribution in [3.05, 3.63) is 65.4 Å². The predicted octanol–water partition coefficient (Wildman–Crippen LogP) is 4.63. The van der Waals surface area contributed by atoms with Gasteiger partial charge in [0.1, 0.15) is 11.3 Å². The maximum atomic E-state index is 12.6. The zero-order valence-electron chi connectivity index (χ0n) is 19.9. The fourth-order valence-electron chi connectivity index (χ4n) is 3.77. The smallest absolute Gasteiger partial charge is 0.410 e. The van der Waals surface area contributed by atoms with Crippen LogP contribution in [0.1, 0.15) is 49.9 Å². The third kappa shape index (κ3) is 5.07. The van der Waals surface area contributed by atoms with Gasteiger partial charge < -0.3 is 9.15 Å². The summed E-state index contributed by atoms with van der Waals surface area (Å²) in [6, 6.07) is 9.35. The van der Waals surface area contributed by atoms with Gasteiger partial charge in [-0.15, -0.1) is 15.3 Å². The molecule has 0 spiro atoms. The Bertz CT molecular complexity index is 1390. The zero-order chi connectivity index (χ0) is 25.4. The molecule has 186 valence electrons. The van der Waals surface area contributed by atoms with Crippen molar-refractivity contribution in [2.45, 2.75) is 52.4 Å². The SMILES string of the molecule is CC(C)(C)OC(=O)N1Cc2ccc(-c3cn(Cc4ccc(-c5nnc(C(F)F)o5)cn4)nn3)cc2C1. The molecule has 3 aromatic heterocycles. The van der Waals surface area contributed by atoms with Crippen LogP contribution in [0, 0.1) is 0 Å². The second kappa shape index (κ2) is 9.10. The molecule has 0 bridgehead atoms. The largest absolute Gasteiger partial charge is 0.444 e. The summed E-state index contributed by atoms with van der Waals surface area (Å²) in [6.07, 6.45) is 0.130. The highest BCUT2D eigenvalue weighted by Crippen LogP contribution is 2.29. The number of hydrogen-bond acceptors (Lipinski definition) is 8. The second-order valence-corrected chi connectivity index (χ2v) is 9.41. The van der Waals surface area contributed by atoms with Gasteiger partial charge in [-0.1, -0.05) is 17.3 Å². The van der Waals surface area contributed by atoms with E-state index in [1.165, 1.54) is 6.20 Å². The van der Waals surface area contributed by atoms with Crippen LogP contribution in [0.2, 0.25) is 0 Å². The van der Waals surface area contributed by atoms with Gasteiger partial charge in [0.15, 0.2) is 0 Å². The highest BCUT2D eigenvalue weighted by atomic mass is 19.3. The van der Waals surface area contributed by atoms with Crippen molar-refractivity contribution in [2.24, 2.45) is 0 Å². The zero-order valence-corrected chi connectivity index (χ0v) is 19.9. The van der Waals surface area contributed by atoms with Gasteiger partial charge in [0.2, 0.25) is 5.89 Å². The maximum Gasteiger partial charge on any atom is 0.410 e. The van der Waals surface area contributed by atoms with Gasteiger partial charge in [0.05, 0.1) is 24.0 Å². The lowest BCUT2D eigenvalue weighted by atomic mass is 10.1. The van der Waals surface area contributed by atoms with E-state index in [2.05, 4.69) is 25.5 Å². The average molecular weight is 495 g/mol. The van der Waals surface area contributed by atoms with Gasteiger partial charge in [0, 0.05) is 24.8 Å². The number of pyridine rings is 1. The first-order valence-corrected chi connectivity index (χ1v) is 11.2. The Morgan fingerprint density at radius 2 is 1.86 bits per heavy atom. The highest BCUT2D eigenvalue weighted by molar-refractivity contribution is 5.70. The number of ether oxygens (including phenoxy) is 1. The fourth-order valence-corrected chi connectivity index (χ4v) is 3.77. The van der Waals surface area contributed by atoms with Crippen LogP contribution in [0.5, 0.6) is 0 Å². The van der Waals surface area contributed by atoms with Crippen molar-refractivity contribution in [1.29, 1.82) is 0 Å².